The highest BCUT2D eigenvalue weighted by Gasteiger charge is 2.13. The minimum absolute atomic E-state index is 0.00339. The lowest BCUT2D eigenvalue weighted by Crippen LogP contribution is -2.16. The van der Waals surface area contributed by atoms with Gasteiger partial charge in [0.2, 0.25) is 5.91 Å². The van der Waals surface area contributed by atoms with Crippen LogP contribution in [-0.2, 0) is 4.79 Å². The number of para-hydroxylation sites is 1. The van der Waals surface area contributed by atoms with Crippen LogP contribution in [0.3, 0.4) is 0 Å². The second-order valence-electron chi connectivity index (χ2n) is 6.30. The molecule has 0 atom stereocenters. The zero-order valence-corrected chi connectivity index (χ0v) is 16.2. The zero-order chi connectivity index (χ0) is 20.4. The summed E-state index contributed by atoms with van der Waals surface area (Å²) >= 11 is 1.08. The predicted molar refractivity (Wildman–Crippen MR) is 110 cm³/mol. The van der Waals surface area contributed by atoms with E-state index in [-0.39, 0.29) is 23.0 Å². The monoisotopic (exact) mass is 409 g/mol. The Balaban J connectivity index is 1.53. The molecule has 4 rings (SSSR count). The Morgan fingerprint density at radius 1 is 1.24 bits per heavy atom. The lowest BCUT2D eigenvalue weighted by Gasteiger charge is -2.07. The summed E-state index contributed by atoms with van der Waals surface area (Å²) in [5.74, 6) is -0.720. The Kier molecular flexibility index (Phi) is 5.13. The lowest BCUT2D eigenvalue weighted by molar-refractivity contribution is -0.113. The summed E-state index contributed by atoms with van der Waals surface area (Å²) in [5.41, 5.74) is 1.72. The summed E-state index contributed by atoms with van der Waals surface area (Å²) in [4.78, 5) is 31.6. The van der Waals surface area contributed by atoms with Crippen molar-refractivity contribution in [1.29, 1.82) is 0 Å². The fraction of sp³-hybridized carbons (Fsp3) is 0.100. The van der Waals surface area contributed by atoms with Gasteiger partial charge in [-0.05, 0) is 36.8 Å². The molecular weight excluding hydrogens is 393 g/mol. The number of anilines is 1. The van der Waals surface area contributed by atoms with Crippen LogP contribution in [0.5, 0.6) is 0 Å². The Hall–Kier alpha value is -3.46. The summed E-state index contributed by atoms with van der Waals surface area (Å²) in [6.07, 6.45) is 1.46. The van der Waals surface area contributed by atoms with E-state index < -0.39 is 0 Å². The first-order valence-electron chi connectivity index (χ1n) is 8.73. The fourth-order valence-electron chi connectivity index (χ4n) is 2.73. The Bertz CT molecular complexity index is 1250. The van der Waals surface area contributed by atoms with Gasteiger partial charge in [0.15, 0.2) is 10.8 Å². The molecule has 2 N–H and O–H groups in total. The van der Waals surface area contributed by atoms with Gasteiger partial charge in [-0.25, -0.2) is 14.1 Å². The van der Waals surface area contributed by atoms with Gasteiger partial charge in [-0.15, -0.1) is 0 Å². The third-order valence-electron chi connectivity index (χ3n) is 4.21. The van der Waals surface area contributed by atoms with Crippen LogP contribution in [0.25, 0.3) is 16.7 Å². The number of benzene rings is 2. The molecule has 2 aromatic carbocycles. The number of thioether (sulfide) groups is 1. The van der Waals surface area contributed by atoms with E-state index in [1.54, 1.807) is 23.7 Å². The molecule has 0 unspecified atom stereocenters. The van der Waals surface area contributed by atoms with Crippen LogP contribution < -0.4 is 10.9 Å². The summed E-state index contributed by atoms with van der Waals surface area (Å²) in [7, 11) is 0. The third-order valence-corrected chi connectivity index (χ3v) is 5.09. The van der Waals surface area contributed by atoms with Gasteiger partial charge in [-0.1, -0.05) is 36.0 Å². The van der Waals surface area contributed by atoms with E-state index in [4.69, 9.17) is 0 Å². The number of H-pyrrole nitrogens is 1. The largest absolute Gasteiger partial charge is 0.325 e. The summed E-state index contributed by atoms with van der Waals surface area (Å²) in [6.45, 7) is 1.65. The summed E-state index contributed by atoms with van der Waals surface area (Å²) < 4.78 is 15.2. The molecule has 0 fully saturated rings. The number of fused-ring (bicyclic) bond motifs is 1. The minimum Gasteiger partial charge on any atom is -0.325 e. The predicted octanol–water partition coefficient (Wildman–Crippen LogP) is 3.29. The zero-order valence-electron chi connectivity index (χ0n) is 15.3. The van der Waals surface area contributed by atoms with E-state index in [2.05, 4.69) is 20.4 Å². The molecule has 2 aromatic heterocycles. The van der Waals surface area contributed by atoms with Crippen LogP contribution in [-0.4, -0.2) is 31.4 Å². The number of carbonyl (C=O) groups is 1. The SMILES string of the molecule is Cc1ccc(NC(=O)CSc2nc3c(cnn3-c3ccccc3)c(=O)[nH]2)cc1F. The number of carbonyl (C=O) groups excluding carboxylic acids is 1. The Labute approximate surface area is 169 Å². The van der Waals surface area contributed by atoms with Gasteiger partial charge >= 0.3 is 0 Å². The van der Waals surface area contributed by atoms with Crippen molar-refractivity contribution in [2.24, 2.45) is 0 Å². The number of hydrogen-bond acceptors (Lipinski definition) is 5. The van der Waals surface area contributed by atoms with Crippen molar-refractivity contribution in [2.75, 3.05) is 11.1 Å². The maximum absolute atomic E-state index is 13.6. The average Bonchev–Trinajstić information content (AvgIpc) is 3.14. The van der Waals surface area contributed by atoms with Crippen molar-refractivity contribution >= 4 is 34.4 Å². The number of rotatable bonds is 5. The molecule has 0 aliphatic rings. The first-order valence-corrected chi connectivity index (χ1v) is 9.72. The lowest BCUT2D eigenvalue weighted by atomic mass is 10.2. The topological polar surface area (TPSA) is 92.7 Å². The molecular formula is C20H16FN5O2S. The minimum atomic E-state index is -0.388. The molecule has 2 heterocycles. The molecule has 0 aliphatic carbocycles. The second-order valence-corrected chi connectivity index (χ2v) is 7.27. The quantitative estimate of drug-likeness (QED) is 0.390. The number of aryl methyl sites for hydroxylation is 1. The van der Waals surface area contributed by atoms with Crippen LogP contribution in [0, 0.1) is 12.7 Å². The van der Waals surface area contributed by atoms with Crippen molar-refractivity contribution in [3.05, 3.63) is 76.5 Å². The molecule has 146 valence electrons. The van der Waals surface area contributed by atoms with Crippen molar-refractivity contribution in [3.63, 3.8) is 0 Å². The molecule has 0 aliphatic heterocycles. The van der Waals surface area contributed by atoms with E-state index in [0.717, 1.165) is 17.4 Å². The van der Waals surface area contributed by atoms with E-state index in [0.29, 0.717) is 27.4 Å². The van der Waals surface area contributed by atoms with Gasteiger partial charge in [0.05, 0.1) is 17.6 Å². The highest BCUT2D eigenvalue weighted by atomic mass is 32.2. The number of aromatic amines is 1. The maximum Gasteiger partial charge on any atom is 0.262 e. The first kappa shape index (κ1) is 18.9. The van der Waals surface area contributed by atoms with Crippen LogP contribution in [0.2, 0.25) is 0 Å². The molecule has 9 heteroatoms. The number of nitrogens with one attached hydrogen (secondary N) is 2. The van der Waals surface area contributed by atoms with Crippen LogP contribution >= 0.6 is 11.8 Å². The normalized spacial score (nSPS) is 11.0. The number of hydrogen-bond donors (Lipinski definition) is 2. The van der Waals surface area contributed by atoms with Crippen LogP contribution in [0.4, 0.5) is 10.1 Å². The number of nitrogens with zero attached hydrogens (tertiary/aromatic N) is 3. The number of amides is 1. The first-order chi connectivity index (χ1) is 14.0. The molecule has 0 spiro atoms. The van der Waals surface area contributed by atoms with Gasteiger partial charge in [0.1, 0.15) is 11.2 Å². The van der Waals surface area contributed by atoms with Crippen LogP contribution in [0.1, 0.15) is 5.56 Å². The standard InChI is InChI=1S/C20H16FN5O2S/c1-12-7-8-13(9-16(12)21)23-17(27)11-29-20-24-18-15(19(28)25-20)10-22-26(18)14-5-3-2-4-6-14/h2-10H,11H2,1H3,(H,23,27)(H,24,25,28). The molecule has 0 radical (unpaired) electrons. The molecule has 0 saturated carbocycles. The van der Waals surface area contributed by atoms with Gasteiger partial charge in [-0.2, -0.15) is 5.10 Å². The molecule has 4 aromatic rings. The average molecular weight is 409 g/mol. The molecule has 0 saturated heterocycles. The highest BCUT2D eigenvalue weighted by Crippen LogP contribution is 2.19. The molecule has 29 heavy (non-hydrogen) atoms. The maximum atomic E-state index is 13.6. The Morgan fingerprint density at radius 3 is 2.79 bits per heavy atom. The van der Waals surface area contributed by atoms with Gasteiger partial charge in [0, 0.05) is 5.69 Å². The third kappa shape index (κ3) is 4.04. The van der Waals surface area contributed by atoms with E-state index in [9.17, 15) is 14.0 Å². The van der Waals surface area contributed by atoms with Gasteiger partial charge < -0.3 is 10.3 Å². The van der Waals surface area contributed by atoms with Crippen molar-refractivity contribution in [3.8, 4) is 5.69 Å². The Morgan fingerprint density at radius 2 is 2.03 bits per heavy atom. The van der Waals surface area contributed by atoms with Crippen molar-refractivity contribution < 1.29 is 9.18 Å². The number of aromatic nitrogens is 4. The second kappa shape index (κ2) is 7.88. The van der Waals surface area contributed by atoms with Gasteiger partial charge in [0.25, 0.3) is 5.56 Å². The molecule has 7 nitrogen and oxygen atoms in total. The molecule has 1 amide bonds. The van der Waals surface area contributed by atoms with Gasteiger partial charge in [-0.3, -0.25) is 9.59 Å². The van der Waals surface area contributed by atoms with E-state index in [1.807, 2.05) is 30.3 Å². The summed E-state index contributed by atoms with van der Waals surface area (Å²) in [5, 5.41) is 7.53. The van der Waals surface area contributed by atoms with Crippen molar-refractivity contribution in [1.82, 2.24) is 19.7 Å². The molecule has 0 bridgehead atoms. The van der Waals surface area contributed by atoms with Crippen molar-refractivity contribution in [2.45, 2.75) is 12.1 Å². The fourth-order valence-corrected chi connectivity index (χ4v) is 3.38. The smallest absolute Gasteiger partial charge is 0.262 e. The highest BCUT2D eigenvalue weighted by molar-refractivity contribution is 7.99. The summed E-state index contributed by atoms with van der Waals surface area (Å²) in [6, 6.07) is 13.8. The number of halogens is 1. The van der Waals surface area contributed by atoms with E-state index in [1.165, 1.54) is 12.3 Å². The van der Waals surface area contributed by atoms with Crippen LogP contribution in [0.15, 0.2) is 64.7 Å². The van der Waals surface area contributed by atoms with E-state index >= 15 is 0 Å².